The van der Waals surface area contributed by atoms with E-state index in [1.807, 2.05) is 13.0 Å². The number of hydrogen-bond acceptors (Lipinski definition) is 3. The van der Waals surface area contributed by atoms with Crippen LogP contribution in [0, 0.1) is 0 Å². The van der Waals surface area contributed by atoms with Crippen molar-refractivity contribution in [3.63, 3.8) is 0 Å². The zero-order valence-corrected chi connectivity index (χ0v) is 13.5. The molecule has 0 aliphatic rings. The van der Waals surface area contributed by atoms with E-state index < -0.39 is 10.1 Å². The maximum absolute atomic E-state index is 10.2. The molecule has 0 saturated carbocycles. The van der Waals surface area contributed by atoms with Crippen LogP contribution >= 0.6 is 0 Å². The van der Waals surface area contributed by atoms with Crippen LogP contribution in [0.25, 0.3) is 6.08 Å². The minimum atomic E-state index is -4.25. The van der Waals surface area contributed by atoms with E-state index in [9.17, 15) is 13.0 Å². The van der Waals surface area contributed by atoms with Crippen molar-refractivity contribution in [2.45, 2.75) is 6.92 Å². The van der Waals surface area contributed by atoms with Crippen molar-refractivity contribution in [1.82, 2.24) is 0 Å². The van der Waals surface area contributed by atoms with Crippen LogP contribution in [0.4, 0.5) is 0 Å². The molecule has 0 atom stereocenters. The number of rotatable bonds is 3. The van der Waals surface area contributed by atoms with E-state index in [4.69, 9.17) is 0 Å². The van der Waals surface area contributed by atoms with Gasteiger partial charge in [-0.2, -0.15) is 0 Å². The molecular weight excluding hydrogens is 259 g/mol. The molecule has 1 rings (SSSR count). The molecule has 1 aromatic carbocycles. The number of hydrogen-bond donors (Lipinski definition) is 0. The van der Waals surface area contributed by atoms with Crippen LogP contribution < -0.4 is 29.6 Å². The molecule has 0 radical (unpaired) electrons. The van der Waals surface area contributed by atoms with E-state index in [1.54, 1.807) is 30.3 Å². The van der Waals surface area contributed by atoms with Gasteiger partial charge < -0.3 is 4.55 Å². The summed E-state index contributed by atoms with van der Waals surface area (Å²) in [4.78, 5) is 0. The molecule has 0 saturated heterocycles. The van der Waals surface area contributed by atoms with Crippen LogP contribution in [0.5, 0.6) is 0 Å². The summed E-state index contributed by atoms with van der Waals surface area (Å²) >= 11 is 0. The molecule has 0 bridgehead atoms. The Morgan fingerprint density at radius 2 is 1.72 bits per heavy atom. The van der Waals surface area contributed by atoms with Crippen LogP contribution in [0.3, 0.4) is 0 Å². The molecule has 5 heteroatoms. The SMILES string of the molecule is C=CC(=C)C.O=S(=O)([O-])C=Cc1ccccc1.[Na+]. The summed E-state index contributed by atoms with van der Waals surface area (Å²) in [6.07, 6.45) is 2.99. The molecular formula is C13H15NaO3S. The van der Waals surface area contributed by atoms with Crippen molar-refractivity contribution in [1.29, 1.82) is 0 Å². The quantitative estimate of drug-likeness (QED) is 0.441. The predicted molar refractivity (Wildman–Crippen MR) is 70.2 cm³/mol. The molecule has 18 heavy (non-hydrogen) atoms. The van der Waals surface area contributed by atoms with Gasteiger partial charge in [0.1, 0.15) is 10.1 Å². The number of allylic oxidation sites excluding steroid dienone is 2. The van der Waals surface area contributed by atoms with E-state index >= 15 is 0 Å². The molecule has 0 amide bonds. The molecule has 0 N–H and O–H groups in total. The van der Waals surface area contributed by atoms with Gasteiger partial charge in [-0.05, 0) is 18.6 Å². The fourth-order valence-corrected chi connectivity index (χ4v) is 1.05. The van der Waals surface area contributed by atoms with Crippen LogP contribution in [0.1, 0.15) is 12.5 Å². The molecule has 0 heterocycles. The third kappa shape index (κ3) is 13.4. The Morgan fingerprint density at radius 3 is 2.06 bits per heavy atom. The van der Waals surface area contributed by atoms with Crippen molar-refractivity contribution in [2.24, 2.45) is 0 Å². The van der Waals surface area contributed by atoms with E-state index in [2.05, 4.69) is 13.2 Å². The first-order valence-corrected chi connectivity index (χ1v) is 6.29. The Labute approximate surface area is 131 Å². The van der Waals surface area contributed by atoms with Gasteiger partial charge in [-0.25, -0.2) is 8.42 Å². The Kier molecular flexibility index (Phi) is 11.3. The predicted octanol–water partition coefficient (Wildman–Crippen LogP) is -0.0450. The van der Waals surface area contributed by atoms with E-state index in [0.717, 1.165) is 5.57 Å². The third-order valence-electron chi connectivity index (χ3n) is 1.58. The van der Waals surface area contributed by atoms with Crippen LogP contribution in [0.15, 0.2) is 60.5 Å². The van der Waals surface area contributed by atoms with Crippen LogP contribution in [-0.2, 0) is 10.1 Å². The molecule has 0 fully saturated rings. The zero-order valence-electron chi connectivity index (χ0n) is 10.7. The summed E-state index contributed by atoms with van der Waals surface area (Å²) in [6, 6.07) is 8.75. The average molecular weight is 274 g/mol. The average Bonchev–Trinajstić information content (AvgIpc) is 2.28. The second-order valence-electron chi connectivity index (χ2n) is 3.26. The van der Waals surface area contributed by atoms with Crippen molar-refractivity contribution >= 4 is 16.2 Å². The van der Waals surface area contributed by atoms with Gasteiger partial charge in [-0.15, -0.1) is 0 Å². The maximum atomic E-state index is 10.2. The van der Waals surface area contributed by atoms with Crippen molar-refractivity contribution < 1.29 is 42.5 Å². The molecule has 1 aromatic rings. The molecule has 92 valence electrons. The summed E-state index contributed by atoms with van der Waals surface area (Å²) in [5, 5.41) is 0.641. The minimum absolute atomic E-state index is 0. The Balaban J connectivity index is 0. The summed E-state index contributed by atoms with van der Waals surface area (Å²) < 4.78 is 30.5. The van der Waals surface area contributed by atoms with Gasteiger partial charge in [-0.1, -0.05) is 55.1 Å². The van der Waals surface area contributed by atoms with E-state index in [-0.39, 0.29) is 29.6 Å². The number of benzene rings is 1. The standard InChI is InChI=1S/C8H8O3S.C5H8.Na/c9-12(10,11)7-6-8-4-2-1-3-5-8;1-4-5(2)3;/h1-7H,(H,9,10,11);4H,1-2H2,3H3;/q;;+1/p-1. The molecule has 0 aliphatic carbocycles. The first-order chi connectivity index (χ1) is 7.85. The fraction of sp³-hybridized carbons (Fsp3) is 0.0769. The second kappa shape index (κ2) is 10.3. The second-order valence-corrected chi connectivity index (χ2v) is 4.51. The fourth-order valence-electron chi connectivity index (χ4n) is 0.726. The van der Waals surface area contributed by atoms with Crippen molar-refractivity contribution in [3.05, 3.63) is 66.1 Å². The summed E-state index contributed by atoms with van der Waals surface area (Å²) in [5.74, 6) is 0. The largest absolute Gasteiger partial charge is 1.00 e. The van der Waals surface area contributed by atoms with Gasteiger partial charge in [0.25, 0.3) is 0 Å². The molecule has 0 aliphatic heterocycles. The van der Waals surface area contributed by atoms with Crippen molar-refractivity contribution in [2.75, 3.05) is 0 Å². The first kappa shape index (κ1) is 19.7. The summed E-state index contributed by atoms with van der Waals surface area (Å²) in [7, 11) is -4.25. The summed E-state index contributed by atoms with van der Waals surface area (Å²) in [6.45, 7) is 8.93. The van der Waals surface area contributed by atoms with Crippen LogP contribution in [0.2, 0.25) is 0 Å². The first-order valence-electron chi connectivity index (χ1n) is 4.82. The topological polar surface area (TPSA) is 57.2 Å². The Morgan fingerprint density at radius 1 is 1.28 bits per heavy atom. The van der Waals surface area contributed by atoms with Crippen LogP contribution in [-0.4, -0.2) is 13.0 Å². The van der Waals surface area contributed by atoms with Gasteiger partial charge in [0.15, 0.2) is 0 Å². The van der Waals surface area contributed by atoms with Gasteiger partial charge >= 0.3 is 29.6 Å². The normalized spacial score (nSPS) is 9.89. The molecule has 3 nitrogen and oxygen atoms in total. The Bertz CT molecular complexity index is 490. The minimum Gasteiger partial charge on any atom is -0.744 e. The maximum Gasteiger partial charge on any atom is 1.00 e. The monoisotopic (exact) mass is 274 g/mol. The van der Waals surface area contributed by atoms with Crippen molar-refractivity contribution in [3.8, 4) is 0 Å². The molecule has 0 spiro atoms. The van der Waals surface area contributed by atoms with Gasteiger partial charge in [0.2, 0.25) is 0 Å². The summed E-state index contributed by atoms with van der Waals surface area (Å²) in [5.41, 5.74) is 1.71. The zero-order chi connectivity index (χ0) is 13.3. The Hall–Kier alpha value is -0.650. The molecule has 0 unspecified atom stereocenters. The van der Waals surface area contributed by atoms with Gasteiger partial charge in [-0.3, -0.25) is 0 Å². The third-order valence-corrected chi connectivity index (χ3v) is 2.04. The molecule has 0 aromatic heterocycles. The van der Waals surface area contributed by atoms with Gasteiger partial charge in [0, 0.05) is 5.41 Å². The van der Waals surface area contributed by atoms with E-state index in [1.165, 1.54) is 6.08 Å². The smallest absolute Gasteiger partial charge is 0.744 e. The van der Waals surface area contributed by atoms with Gasteiger partial charge in [0.05, 0.1) is 0 Å². The van der Waals surface area contributed by atoms with E-state index in [0.29, 0.717) is 11.0 Å².